The number of ketones is 1. The summed E-state index contributed by atoms with van der Waals surface area (Å²) >= 11 is 0. The topological polar surface area (TPSA) is 54.0 Å². The molecule has 0 amide bonds. The van der Waals surface area contributed by atoms with Crippen molar-refractivity contribution in [2.45, 2.75) is 63.3 Å². The number of rotatable bonds is 2. The molecule has 3 rings (SSSR count). The van der Waals surface area contributed by atoms with E-state index in [2.05, 4.69) is 0 Å². The highest BCUT2D eigenvalue weighted by molar-refractivity contribution is 6.06. The number of ether oxygens (including phenoxy) is 4. The van der Waals surface area contributed by atoms with Gasteiger partial charge in [-0.25, -0.2) is 0 Å². The molecule has 22 heavy (non-hydrogen) atoms. The maximum absolute atomic E-state index is 12.2. The summed E-state index contributed by atoms with van der Waals surface area (Å²) in [5.41, 5.74) is 1.22. The number of carbonyl (C=O) groups is 1. The first kappa shape index (κ1) is 15.9. The van der Waals surface area contributed by atoms with Crippen molar-refractivity contribution >= 4 is 5.78 Å². The standard InChI is InChI=1S/C17H24O5/c1-11-16(22-15(2,3)21-11)8-6-12-13(10-16)17(19-4,20-5)9-7-14(12)18/h7,9,11H,6,8,10H2,1-5H3/t11-,16+/m0/s1. The van der Waals surface area contributed by atoms with Crippen molar-refractivity contribution in [1.29, 1.82) is 0 Å². The second-order valence-corrected chi connectivity index (χ2v) is 6.73. The zero-order valence-corrected chi connectivity index (χ0v) is 13.9. The van der Waals surface area contributed by atoms with E-state index >= 15 is 0 Å². The average molecular weight is 308 g/mol. The predicted octanol–water partition coefficient (Wildman–Crippen LogP) is 2.51. The smallest absolute Gasteiger partial charge is 0.211 e. The third-order valence-electron chi connectivity index (χ3n) is 5.07. The SMILES string of the molecule is COC1(OC)C=CC(=O)C2=C1C[C@@]1(CC2)OC(C)(C)O[C@H]1C. The Labute approximate surface area is 131 Å². The van der Waals surface area contributed by atoms with E-state index in [9.17, 15) is 4.79 Å². The zero-order chi connectivity index (χ0) is 16.2. The molecule has 122 valence electrons. The van der Waals surface area contributed by atoms with Crippen LogP contribution in [0.15, 0.2) is 23.3 Å². The molecule has 1 spiro atoms. The molecule has 0 N–H and O–H groups in total. The predicted molar refractivity (Wildman–Crippen MR) is 80.2 cm³/mol. The van der Waals surface area contributed by atoms with Crippen LogP contribution in [0.4, 0.5) is 0 Å². The van der Waals surface area contributed by atoms with E-state index in [-0.39, 0.29) is 11.9 Å². The van der Waals surface area contributed by atoms with Gasteiger partial charge in [-0.15, -0.1) is 0 Å². The van der Waals surface area contributed by atoms with Crippen molar-refractivity contribution in [2.75, 3.05) is 14.2 Å². The van der Waals surface area contributed by atoms with Gasteiger partial charge in [0.25, 0.3) is 0 Å². The molecule has 1 saturated heterocycles. The molecule has 1 heterocycles. The summed E-state index contributed by atoms with van der Waals surface area (Å²) < 4.78 is 23.4. The Morgan fingerprint density at radius 3 is 2.50 bits per heavy atom. The molecule has 1 aliphatic heterocycles. The van der Waals surface area contributed by atoms with E-state index in [1.165, 1.54) is 0 Å². The summed E-state index contributed by atoms with van der Waals surface area (Å²) in [4.78, 5) is 12.2. The summed E-state index contributed by atoms with van der Waals surface area (Å²) in [5.74, 6) is -1.55. The Bertz CT molecular complexity index is 555. The Morgan fingerprint density at radius 2 is 1.95 bits per heavy atom. The molecule has 5 heteroatoms. The van der Waals surface area contributed by atoms with Gasteiger partial charge in [0.2, 0.25) is 5.79 Å². The number of hydrogen-bond acceptors (Lipinski definition) is 5. The molecule has 0 aromatic heterocycles. The molecule has 1 fully saturated rings. The van der Waals surface area contributed by atoms with Crippen LogP contribution in [0, 0.1) is 0 Å². The van der Waals surface area contributed by atoms with Crippen LogP contribution in [-0.2, 0) is 23.7 Å². The molecule has 0 radical (unpaired) electrons. The second kappa shape index (κ2) is 4.99. The number of allylic oxidation sites excluding steroid dienone is 2. The minimum Gasteiger partial charge on any atom is -0.346 e. The molecule has 3 aliphatic rings. The molecule has 0 aromatic carbocycles. The van der Waals surface area contributed by atoms with Crippen LogP contribution >= 0.6 is 0 Å². The first-order valence-corrected chi connectivity index (χ1v) is 7.72. The van der Waals surface area contributed by atoms with E-state index in [0.29, 0.717) is 12.8 Å². The van der Waals surface area contributed by atoms with Crippen LogP contribution in [0.2, 0.25) is 0 Å². The molecule has 0 saturated carbocycles. The Kier molecular flexibility index (Phi) is 3.60. The minimum atomic E-state index is -0.980. The van der Waals surface area contributed by atoms with Gasteiger partial charge in [-0.2, -0.15) is 0 Å². The van der Waals surface area contributed by atoms with Gasteiger partial charge >= 0.3 is 0 Å². The van der Waals surface area contributed by atoms with Crippen molar-refractivity contribution in [3.63, 3.8) is 0 Å². The lowest BCUT2D eigenvalue weighted by Crippen LogP contribution is -2.48. The fraction of sp³-hybridized carbons (Fsp3) is 0.706. The molecule has 2 atom stereocenters. The van der Waals surface area contributed by atoms with Gasteiger partial charge in [0.15, 0.2) is 11.6 Å². The number of hydrogen-bond donors (Lipinski definition) is 0. The van der Waals surface area contributed by atoms with Crippen LogP contribution in [0.5, 0.6) is 0 Å². The lowest BCUT2D eigenvalue weighted by molar-refractivity contribution is -0.175. The molecule has 2 aliphatic carbocycles. The third-order valence-corrected chi connectivity index (χ3v) is 5.07. The van der Waals surface area contributed by atoms with Crippen LogP contribution < -0.4 is 0 Å². The van der Waals surface area contributed by atoms with E-state index in [1.807, 2.05) is 20.8 Å². The first-order valence-electron chi connectivity index (χ1n) is 7.72. The molecule has 5 nitrogen and oxygen atoms in total. The molecular weight excluding hydrogens is 284 g/mol. The molecule has 0 unspecified atom stereocenters. The van der Waals surface area contributed by atoms with Crippen molar-refractivity contribution in [2.24, 2.45) is 0 Å². The highest BCUT2D eigenvalue weighted by atomic mass is 16.8. The van der Waals surface area contributed by atoms with Crippen LogP contribution in [-0.4, -0.2) is 43.3 Å². The highest BCUT2D eigenvalue weighted by Crippen LogP contribution is 2.51. The summed E-state index contributed by atoms with van der Waals surface area (Å²) in [6.45, 7) is 5.88. The minimum absolute atomic E-state index is 0.0420. The number of methoxy groups -OCH3 is 2. The van der Waals surface area contributed by atoms with Gasteiger partial charge < -0.3 is 18.9 Å². The fourth-order valence-electron chi connectivity index (χ4n) is 4.00. The van der Waals surface area contributed by atoms with E-state index < -0.39 is 17.2 Å². The van der Waals surface area contributed by atoms with Gasteiger partial charge in [-0.3, -0.25) is 4.79 Å². The van der Waals surface area contributed by atoms with Crippen molar-refractivity contribution in [1.82, 2.24) is 0 Å². The highest BCUT2D eigenvalue weighted by Gasteiger charge is 2.56. The normalized spacial score (nSPS) is 36.0. The lowest BCUT2D eigenvalue weighted by atomic mass is 9.72. The summed E-state index contributed by atoms with van der Waals surface area (Å²) in [6.07, 6.45) is 5.17. The Morgan fingerprint density at radius 1 is 1.27 bits per heavy atom. The van der Waals surface area contributed by atoms with Crippen molar-refractivity contribution in [3.05, 3.63) is 23.3 Å². The van der Waals surface area contributed by atoms with Gasteiger partial charge in [0, 0.05) is 31.8 Å². The van der Waals surface area contributed by atoms with Gasteiger partial charge in [0.05, 0.1) is 6.10 Å². The van der Waals surface area contributed by atoms with E-state index in [0.717, 1.165) is 17.6 Å². The monoisotopic (exact) mass is 308 g/mol. The number of carbonyl (C=O) groups excluding carboxylic acids is 1. The fourth-order valence-corrected chi connectivity index (χ4v) is 4.00. The zero-order valence-electron chi connectivity index (χ0n) is 13.9. The van der Waals surface area contributed by atoms with E-state index in [4.69, 9.17) is 18.9 Å². The van der Waals surface area contributed by atoms with Crippen LogP contribution in [0.3, 0.4) is 0 Å². The first-order chi connectivity index (χ1) is 10.3. The summed E-state index contributed by atoms with van der Waals surface area (Å²) in [7, 11) is 3.18. The lowest BCUT2D eigenvalue weighted by Gasteiger charge is -2.43. The quantitative estimate of drug-likeness (QED) is 0.734. The van der Waals surface area contributed by atoms with Crippen molar-refractivity contribution in [3.8, 4) is 0 Å². The average Bonchev–Trinajstić information content (AvgIpc) is 2.69. The van der Waals surface area contributed by atoms with Gasteiger partial charge in [0.1, 0.15) is 5.60 Å². The second-order valence-electron chi connectivity index (χ2n) is 6.73. The maximum Gasteiger partial charge on any atom is 0.211 e. The van der Waals surface area contributed by atoms with E-state index in [1.54, 1.807) is 26.4 Å². The molecular formula is C17H24O5. The van der Waals surface area contributed by atoms with Crippen LogP contribution in [0.1, 0.15) is 40.0 Å². The molecule has 0 aromatic rings. The maximum atomic E-state index is 12.2. The Balaban J connectivity index is 2.02. The Hall–Kier alpha value is -1.01. The van der Waals surface area contributed by atoms with Crippen molar-refractivity contribution < 1.29 is 23.7 Å². The van der Waals surface area contributed by atoms with Crippen LogP contribution in [0.25, 0.3) is 0 Å². The van der Waals surface area contributed by atoms with Gasteiger partial charge in [-0.05, 0) is 45.8 Å². The van der Waals surface area contributed by atoms with Gasteiger partial charge in [-0.1, -0.05) is 0 Å². The third kappa shape index (κ3) is 2.19. The summed E-state index contributed by atoms with van der Waals surface area (Å²) in [5, 5.41) is 0. The largest absolute Gasteiger partial charge is 0.346 e. The molecule has 0 bridgehead atoms. The summed E-state index contributed by atoms with van der Waals surface area (Å²) in [6, 6.07) is 0.